The number of hydrogen-bond donors (Lipinski definition) is 2. The Morgan fingerprint density at radius 1 is 1.33 bits per heavy atom. The standard InChI is InChI=1S/C15H19F3N2O/c16-15(17,18)13(9-8-11-5-2-1-3-6-11)20-14(21)12-7-4-10-19-12/h1-3,5-6,12-13,19H,4,7-10H2,(H,20,21). The largest absolute Gasteiger partial charge is 0.408 e. The minimum Gasteiger partial charge on any atom is -0.343 e. The third kappa shape index (κ3) is 4.74. The van der Waals surface area contributed by atoms with Crippen molar-refractivity contribution in [2.45, 2.75) is 43.9 Å². The molecule has 1 aromatic carbocycles. The molecule has 1 fully saturated rings. The molecule has 1 heterocycles. The number of halogens is 3. The van der Waals surface area contributed by atoms with Gasteiger partial charge in [-0.15, -0.1) is 0 Å². The molecule has 1 amide bonds. The summed E-state index contributed by atoms with van der Waals surface area (Å²) < 4.78 is 39.1. The second-order valence-electron chi connectivity index (χ2n) is 5.28. The average Bonchev–Trinajstić information content (AvgIpc) is 2.97. The quantitative estimate of drug-likeness (QED) is 0.877. The molecular formula is C15H19F3N2O. The molecular weight excluding hydrogens is 281 g/mol. The lowest BCUT2D eigenvalue weighted by Gasteiger charge is -2.23. The van der Waals surface area contributed by atoms with Gasteiger partial charge in [-0.2, -0.15) is 13.2 Å². The maximum absolute atomic E-state index is 13.0. The van der Waals surface area contributed by atoms with Gasteiger partial charge in [0.2, 0.25) is 5.91 Å². The Hall–Kier alpha value is -1.56. The minimum atomic E-state index is -4.43. The Morgan fingerprint density at radius 3 is 2.62 bits per heavy atom. The summed E-state index contributed by atoms with van der Waals surface area (Å²) in [5.41, 5.74) is 0.833. The Balaban J connectivity index is 1.93. The maximum atomic E-state index is 13.0. The van der Waals surface area contributed by atoms with Crippen molar-refractivity contribution in [3.05, 3.63) is 35.9 Å². The van der Waals surface area contributed by atoms with Gasteiger partial charge in [0.25, 0.3) is 0 Å². The van der Waals surface area contributed by atoms with Crippen LogP contribution in [-0.4, -0.2) is 30.7 Å². The molecule has 2 N–H and O–H groups in total. The molecule has 1 aliphatic rings. The molecule has 0 bridgehead atoms. The Labute approximate surface area is 121 Å². The van der Waals surface area contributed by atoms with Gasteiger partial charge in [-0.1, -0.05) is 30.3 Å². The van der Waals surface area contributed by atoms with E-state index in [2.05, 4.69) is 10.6 Å². The van der Waals surface area contributed by atoms with Crippen molar-refractivity contribution in [3.63, 3.8) is 0 Å². The van der Waals surface area contributed by atoms with Crippen molar-refractivity contribution in [2.24, 2.45) is 0 Å². The van der Waals surface area contributed by atoms with Crippen molar-refractivity contribution in [3.8, 4) is 0 Å². The first-order valence-corrected chi connectivity index (χ1v) is 7.11. The van der Waals surface area contributed by atoms with Gasteiger partial charge in [0.05, 0.1) is 6.04 Å². The van der Waals surface area contributed by atoms with E-state index in [0.717, 1.165) is 12.0 Å². The van der Waals surface area contributed by atoms with Crippen LogP contribution in [0, 0.1) is 0 Å². The smallest absolute Gasteiger partial charge is 0.343 e. The summed E-state index contributed by atoms with van der Waals surface area (Å²) >= 11 is 0. The van der Waals surface area contributed by atoms with Crippen LogP contribution in [0.15, 0.2) is 30.3 Å². The van der Waals surface area contributed by atoms with Crippen LogP contribution in [-0.2, 0) is 11.2 Å². The highest BCUT2D eigenvalue weighted by molar-refractivity contribution is 5.82. The van der Waals surface area contributed by atoms with E-state index >= 15 is 0 Å². The predicted octanol–water partition coefficient (Wildman–Crippen LogP) is 2.42. The van der Waals surface area contributed by atoms with Crippen LogP contribution in [0.5, 0.6) is 0 Å². The normalized spacial score (nSPS) is 20.2. The van der Waals surface area contributed by atoms with Crippen LogP contribution in [0.25, 0.3) is 0 Å². The minimum absolute atomic E-state index is 0.147. The summed E-state index contributed by atoms with van der Waals surface area (Å²) in [5.74, 6) is -0.553. The molecule has 2 rings (SSSR count). The number of carbonyl (C=O) groups is 1. The maximum Gasteiger partial charge on any atom is 0.408 e. The molecule has 0 aliphatic carbocycles. The van der Waals surface area contributed by atoms with Gasteiger partial charge >= 0.3 is 6.18 Å². The number of rotatable bonds is 5. The van der Waals surface area contributed by atoms with E-state index in [1.54, 1.807) is 24.3 Å². The molecule has 0 spiro atoms. The van der Waals surface area contributed by atoms with Crippen LogP contribution >= 0.6 is 0 Å². The van der Waals surface area contributed by atoms with E-state index in [1.807, 2.05) is 6.07 Å². The molecule has 6 heteroatoms. The zero-order valence-electron chi connectivity index (χ0n) is 11.6. The third-order valence-corrected chi connectivity index (χ3v) is 3.65. The van der Waals surface area contributed by atoms with Crippen LogP contribution in [0.4, 0.5) is 13.2 Å². The molecule has 3 nitrogen and oxygen atoms in total. The second-order valence-corrected chi connectivity index (χ2v) is 5.28. The first-order valence-electron chi connectivity index (χ1n) is 7.11. The summed E-state index contributed by atoms with van der Waals surface area (Å²) in [4.78, 5) is 11.8. The summed E-state index contributed by atoms with van der Waals surface area (Å²) in [7, 11) is 0. The van der Waals surface area contributed by atoms with E-state index in [-0.39, 0.29) is 12.8 Å². The second kappa shape index (κ2) is 6.93. The highest BCUT2D eigenvalue weighted by Crippen LogP contribution is 2.24. The van der Waals surface area contributed by atoms with Crippen LogP contribution in [0.3, 0.4) is 0 Å². The Morgan fingerprint density at radius 2 is 2.05 bits per heavy atom. The summed E-state index contributed by atoms with van der Waals surface area (Å²) in [6.45, 7) is 0.679. The van der Waals surface area contributed by atoms with Gasteiger partial charge in [-0.3, -0.25) is 4.79 Å². The molecule has 2 atom stereocenters. The predicted molar refractivity (Wildman–Crippen MR) is 73.8 cm³/mol. The van der Waals surface area contributed by atoms with Crippen LogP contribution < -0.4 is 10.6 Å². The number of aryl methyl sites for hydroxylation is 1. The molecule has 0 radical (unpaired) electrons. The van der Waals surface area contributed by atoms with E-state index in [4.69, 9.17) is 0 Å². The van der Waals surface area contributed by atoms with Gasteiger partial charge in [0, 0.05) is 0 Å². The molecule has 21 heavy (non-hydrogen) atoms. The number of carbonyl (C=O) groups excluding carboxylic acids is 1. The zero-order valence-corrected chi connectivity index (χ0v) is 11.6. The molecule has 1 saturated heterocycles. The van der Waals surface area contributed by atoms with E-state index in [0.29, 0.717) is 13.0 Å². The molecule has 1 aliphatic heterocycles. The highest BCUT2D eigenvalue weighted by Gasteiger charge is 2.41. The van der Waals surface area contributed by atoms with Gasteiger partial charge in [0.15, 0.2) is 0 Å². The van der Waals surface area contributed by atoms with E-state index in [9.17, 15) is 18.0 Å². The van der Waals surface area contributed by atoms with Crippen molar-refractivity contribution in [1.29, 1.82) is 0 Å². The lowest BCUT2D eigenvalue weighted by Crippen LogP contribution is -2.51. The van der Waals surface area contributed by atoms with Gasteiger partial charge < -0.3 is 10.6 Å². The zero-order chi connectivity index (χ0) is 15.3. The van der Waals surface area contributed by atoms with Crippen LogP contribution in [0.1, 0.15) is 24.8 Å². The molecule has 0 saturated carbocycles. The highest BCUT2D eigenvalue weighted by atomic mass is 19.4. The molecule has 2 unspecified atom stereocenters. The van der Waals surface area contributed by atoms with Crippen molar-refractivity contribution >= 4 is 5.91 Å². The number of alkyl halides is 3. The number of hydrogen-bond acceptors (Lipinski definition) is 2. The number of amides is 1. The first kappa shape index (κ1) is 15.8. The molecule has 1 aromatic rings. The van der Waals surface area contributed by atoms with Gasteiger partial charge in [0.1, 0.15) is 6.04 Å². The Kier molecular flexibility index (Phi) is 5.22. The fourth-order valence-electron chi connectivity index (χ4n) is 2.45. The van der Waals surface area contributed by atoms with E-state index in [1.165, 1.54) is 0 Å². The van der Waals surface area contributed by atoms with Gasteiger partial charge in [-0.05, 0) is 37.8 Å². The number of nitrogens with one attached hydrogen (secondary N) is 2. The van der Waals surface area contributed by atoms with Crippen molar-refractivity contribution in [1.82, 2.24) is 10.6 Å². The topological polar surface area (TPSA) is 41.1 Å². The van der Waals surface area contributed by atoms with E-state index < -0.39 is 24.2 Å². The monoisotopic (exact) mass is 300 g/mol. The fourth-order valence-corrected chi connectivity index (χ4v) is 2.45. The average molecular weight is 300 g/mol. The van der Waals surface area contributed by atoms with Gasteiger partial charge in [-0.25, -0.2) is 0 Å². The summed E-state index contributed by atoms with van der Waals surface area (Å²) in [6.07, 6.45) is -2.88. The summed E-state index contributed by atoms with van der Waals surface area (Å²) in [5, 5.41) is 5.05. The van der Waals surface area contributed by atoms with Crippen LogP contribution in [0.2, 0.25) is 0 Å². The summed E-state index contributed by atoms with van der Waals surface area (Å²) in [6, 6.07) is 6.68. The fraction of sp³-hybridized carbons (Fsp3) is 0.533. The lowest BCUT2D eigenvalue weighted by atomic mass is 10.0. The SMILES string of the molecule is O=C(NC(CCc1ccccc1)C(F)(F)F)C1CCCN1. The third-order valence-electron chi connectivity index (χ3n) is 3.65. The molecule has 0 aromatic heterocycles. The van der Waals surface area contributed by atoms with Crippen molar-refractivity contribution < 1.29 is 18.0 Å². The van der Waals surface area contributed by atoms with Crippen molar-refractivity contribution in [2.75, 3.05) is 6.54 Å². The molecule has 116 valence electrons. The first-order chi connectivity index (χ1) is 9.97. The lowest BCUT2D eigenvalue weighted by molar-refractivity contribution is -0.163. The Bertz CT molecular complexity index is 456. The number of benzene rings is 1.